The summed E-state index contributed by atoms with van der Waals surface area (Å²) in [6, 6.07) is 13.8. The Morgan fingerprint density at radius 1 is 0.968 bits per heavy atom. The number of pyridine rings is 1. The zero-order chi connectivity index (χ0) is 20.9. The third-order valence-corrected chi connectivity index (χ3v) is 6.46. The second-order valence-electron chi connectivity index (χ2n) is 7.66. The number of hydrogen-bond acceptors (Lipinski definition) is 5. The molecule has 4 rings (SSSR count). The van der Waals surface area contributed by atoms with E-state index in [0.717, 1.165) is 35.2 Å². The van der Waals surface area contributed by atoms with Crippen LogP contribution in [0.4, 0.5) is 0 Å². The van der Waals surface area contributed by atoms with E-state index in [0.29, 0.717) is 30.2 Å². The van der Waals surface area contributed by atoms with Crippen molar-refractivity contribution in [2.24, 2.45) is 11.8 Å². The smallest absolute Gasteiger partial charge is 0.306 e. The average Bonchev–Trinajstić information content (AvgIpc) is 3.29. The maximum absolute atomic E-state index is 12.5. The van der Waals surface area contributed by atoms with Crippen LogP contribution in [0.1, 0.15) is 35.4 Å². The molecule has 0 aliphatic heterocycles. The predicted octanol–water partition coefficient (Wildman–Crippen LogP) is 4.11. The van der Waals surface area contributed by atoms with Crippen molar-refractivity contribution in [3.8, 4) is 22.4 Å². The van der Waals surface area contributed by atoms with E-state index in [2.05, 4.69) is 14.7 Å². The Morgan fingerprint density at radius 3 is 2.23 bits per heavy atom. The summed E-state index contributed by atoms with van der Waals surface area (Å²) in [5, 5.41) is 12.1. The molecule has 1 fully saturated rings. The van der Waals surface area contributed by atoms with Crippen LogP contribution >= 0.6 is 11.5 Å². The number of carbonyl (C=O) groups excluding carboxylic acids is 1. The molecule has 2 aromatic heterocycles. The van der Waals surface area contributed by atoms with E-state index >= 15 is 0 Å². The number of carbonyl (C=O) groups is 2. The van der Waals surface area contributed by atoms with Gasteiger partial charge in [-0.05, 0) is 72.5 Å². The van der Waals surface area contributed by atoms with Crippen LogP contribution in [0.25, 0.3) is 22.4 Å². The summed E-state index contributed by atoms with van der Waals surface area (Å²) in [4.78, 5) is 28.2. The molecule has 155 valence electrons. The van der Waals surface area contributed by atoms with Crippen LogP contribution in [0.3, 0.4) is 0 Å². The van der Waals surface area contributed by atoms with Crippen molar-refractivity contribution in [2.75, 3.05) is 6.54 Å². The summed E-state index contributed by atoms with van der Waals surface area (Å²) in [7, 11) is 0. The molecule has 0 saturated heterocycles. The number of amides is 1. The topological polar surface area (TPSA) is 92.2 Å². The first-order valence-corrected chi connectivity index (χ1v) is 10.9. The zero-order valence-corrected chi connectivity index (χ0v) is 21.4. The molecule has 1 saturated carbocycles. The van der Waals surface area contributed by atoms with Crippen LogP contribution in [0.5, 0.6) is 0 Å². The molecular formula is C23H23KN3O3S. The van der Waals surface area contributed by atoms with Gasteiger partial charge in [-0.25, -0.2) is 0 Å². The summed E-state index contributed by atoms with van der Waals surface area (Å²) < 4.78 is 4.44. The Bertz CT molecular complexity index is 1020. The average molecular weight is 461 g/mol. The van der Waals surface area contributed by atoms with Crippen LogP contribution in [-0.4, -0.2) is 84.3 Å². The van der Waals surface area contributed by atoms with E-state index in [1.807, 2.05) is 42.5 Å². The van der Waals surface area contributed by atoms with Crippen molar-refractivity contribution < 1.29 is 14.7 Å². The maximum Gasteiger partial charge on any atom is 0.306 e. The Morgan fingerprint density at radius 2 is 1.58 bits per heavy atom. The van der Waals surface area contributed by atoms with E-state index in [-0.39, 0.29) is 63.2 Å². The van der Waals surface area contributed by atoms with Gasteiger partial charge in [-0.15, -0.1) is 0 Å². The molecule has 1 aliphatic carbocycles. The SMILES string of the molecule is O=C(NCC1CCC(C(=O)O)CC1)c1cc(-c2ccc(-c3ccncc3)cc2)ns1.[K]. The number of carboxylic acids is 1. The van der Waals surface area contributed by atoms with Gasteiger partial charge < -0.3 is 10.4 Å². The summed E-state index contributed by atoms with van der Waals surface area (Å²) in [6.07, 6.45) is 6.61. The first kappa shape index (κ1) is 24.2. The fourth-order valence-corrected chi connectivity index (χ4v) is 4.51. The van der Waals surface area contributed by atoms with E-state index in [4.69, 9.17) is 5.11 Å². The van der Waals surface area contributed by atoms with Gasteiger partial charge in [-0.3, -0.25) is 14.6 Å². The Labute approximate surface area is 228 Å². The van der Waals surface area contributed by atoms with Crippen LogP contribution in [0.15, 0.2) is 54.9 Å². The molecule has 31 heavy (non-hydrogen) atoms. The minimum Gasteiger partial charge on any atom is -0.481 e. The number of rotatable bonds is 6. The second kappa shape index (κ2) is 11.4. The zero-order valence-electron chi connectivity index (χ0n) is 17.5. The molecule has 2 heterocycles. The number of nitrogens with zero attached hydrogens (tertiary/aromatic N) is 2. The third kappa shape index (κ3) is 6.31. The Hall–Kier alpha value is -1.42. The molecule has 3 aromatic rings. The van der Waals surface area contributed by atoms with Crippen molar-refractivity contribution in [3.05, 3.63) is 59.7 Å². The quantitative estimate of drug-likeness (QED) is 0.540. The summed E-state index contributed by atoms with van der Waals surface area (Å²) in [5.41, 5.74) is 3.96. The minimum atomic E-state index is -0.705. The number of aliphatic carboxylic acids is 1. The number of benzene rings is 1. The standard InChI is InChI=1S/C23H23N3O3S.K/c27-22(25-14-15-1-3-19(4-2-15)23(28)29)21-13-20(26-30-21)18-7-5-16(6-8-18)17-9-11-24-12-10-17;/h5-13,15,19H,1-4,14H2,(H,25,27)(H,28,29);. The number of nitrogens with one attached hydrogen (secondary N) is 1. The monoisotopic (exact) mass is 460 g/mol. The largest absolute Gasteiger partial charge is 0.481 e. The van der Waals surface area contributed by atoms with Gasteiger partial charge in [0, 0.05) is 75.9 Å². The summed E-state index contributed by atoms with van der Waals surface area (Å²) >= 11 is 1.20. The van der Waals surface area contributed by atoms with E-state index < -0.39 is 5.97 Å². The van der Waals surface area contributed by atoms with Gasteiger partial charge in [0.1, 0.15) is 4.88 Å². The molecule has 0 bridgehead atoms. The van der Waals surface area contributed by atoms with Gasteiger partial charge in [-0.1, -0.05) is 24.3 Å². The molecule has 6 nitrogen and oxygen atoms in total. The van der Waals surface area contributed by atoms with Crippen LogP contribution < -0.4 is 5.32 Å². The van der Waals surface area contributed by atoms with Gasteiger partial charge in [0.05, 0.1) is 11.6 Å². The third-order valence-electron chi connectivity index (χ3n) is 5.68. The Balaban J connectivity index is 0.00000272. The van der Waals surface area contributed by atoms with Crippen molar-refractivity contribution in [1.29, 1.82) is 0 Å². The van der Waals surface area contributed by atoms with Crippen LogP contribution in [0, 0.1) is 11.8 Å². The van der Waals surface area contributed by atoms with Crippen LogP contribution in [-0.2, 0) is 4.79 Å². The van der Waals surface area contributed by atoms with Crippen molar-refractivity contribution in [2.45, 2.75) is 25.7 Å². The molecule has 1 amide bonds. The van der Waals surface area contributed by atoms with Gasteiger partial charge >= 0.3 is 5.97 Å². The summed E-state index contributed by atoms with van der Waals surface area (Å²) in [5.74, 6) is -0.709. The van der Waals surface area contributed by atoms with E-state index in [1.54, 1.807) is 12.4 Å². The molecule has 0 unspecified atom stereocenters. The van der Waals surface area contributed by atoms with Gasteiger partial charge in [-0.2, -0.15) is 4.37 Å². The summed E-state index contributed by atoms with van der Waals surface area (Å²) in [6.45, 7) is 0.582. The van der Waals surface area contributed by atoms with Gasteiger partial charge in [0.25, 0.3) is 5.91 Å². The van der Waals surface area contributed by atoms with Crippen molar-refractivity contribution in [3.63, 3.8) is 0 Å². The molecule has 1 aromatic carbocycles. The molecule has 0 atom stereocenters. The van der Waals surface area contributed by atoms with Crippen molar-refractivity contribution in [1.82, 2.24) is 14.7 Å². The Kier molecular flexibility index (Phi) is 8.94. The molecule has 1 aliphatic rings. The van der Waals surface area contributed by atoms with Crippen molar-refractivity contribution >= 4 is 74.8 Å². The van der Waals surface area contributed by atoms with E-state index in [9.17, 15) is 9.59 Å². The number of aromatic nitrogens is 2. The first-order valence-electron chi connectivity index (χ1n) is 10.1. The number of carboxylic acid groups (broad SMARTS) is 1. The van der Waals surface area contributed by atoms with E-state index in [1.165, 1.54) is 11.5 Å². The molecule has 1 radical (unpaired) electrons. The minimum absolute atomic E-state index is 0. The molecular weight excluding hydrogens is 437 g/mol. The van der Waals surface area contributed by atoms with Gasteiger partial charge in [0.2, 0.25) is 0 Å². The fourth-order valence-electron chi connectivity index (χ4n) is 3.83. The molecule has 0 spiro atoms. The normalized spacial score (nSPS) is 18.1. The fraction of sp³-hybridized carbons (Fsp3) is 0.304. The second-order valence-corrected chi connectivity index (χ2v) is 8.46. The van der Waals surface area contributed by atoms with Crippen LogP contribution in [0.2, 0.25) is 0 Å². The number of hydrogen-bond donors (Lipinski definition) is 2. The molecule has 2 N–H and O–H groups in total. The maximum atomic E-state index is 12.5. The van der Waals surface area contributed by atoms with Gasteiger partial charge in [0.15, 0.2) is 0 Å². The first-order chi connectivity index (χ1) is 14.6. The molecule has 8 heteroatoms. The predicted molar refractivity (Wildman–Crippen MR) is 122 cm³/mol.